The average molecular weight is 279 g/mol. The van der Waals surface area contributed by atoms with Crippen LogP contribution in [0.5, 0.6) is 0 Å². The van der Waals surface area contributed by atoms with Gasteiger partial charge in [0.2, 0.25) is 5.91 Å². The van der Waals surface area contributed by atoms with Crippen molar-refractivity contribution in [2.45, 2.75) is 13.0 Å². The number of rotatable bonds is 4. The first-order valence-electron chi connectivity index (χ1n) is 5.83. The molecule has 0 saturated heterocycles. The molecular weight excluding hydrogens is 264 g/mol. The highest BCUT2D eigenvalue weighted by atomic mass is 35.5. The average Bonchev–Trinajstić information content (AvgIpc) is 2.78. The highest BCUT2D eigenvalue weighted by molar-refractivity contribution is 6.33. The van der Waals surface area contributed by atoms with Crippen LogP contribution in [0.3, 0.4) is 0 Å². The van der Waals surface area contributed by atoms with Gasteiger partial charge in [0.1, 0.15) is 0 Å². The second kappa shape index (κ2) is 5.32. The fourth-order valence-corrected chi connectivity index (χ4v) is 2.08. The van der Waals surface area contributed by atoms with Crippen molar-refractivity contribution < 1.29 is 4.79 Å². The highest BCUT2D eigenvalue weighted by Crippen LogP contribution is 2.27. The summed E-state index contributed by atoms with van der Waals surface area (Å²) in [5.74, 6) is -0.479. The fourth-order valence-electron chi connectivity index (χ4n) is 1.91. The van der Waals surface area contributed by atoms with E-state index in [2.05, 4.69) is 10.4 Å². The number of aromatic nitrogens is 2. The monoisotopic (exact) mass is 278 g/mol. The number of halogens is 1. The Morgan fingerprint density at radius 1 is 1.47 bits per heavy atom. The van der Waals surface area contributed by atoms with Crippen LogP contribution >= 0.6 is 11.6 Å². The van der Waals surface area contributed by atoms with Gasteiger partial charge in [0.25, 0.3) is 0 Å². The predicted molar refractivity (Wildman–Crippen MR) is 75.2 cm³/mol. The van der Waals surface area contributed by atoms with E-state index in [0.29, 0.717) is 16.3 Å². The van der Waals surface area contributed by atoms with Gasteiger partial charge in [-0.1, -0.05) is 11.6 Å². The largest absolute Gasteiger partial charge is 0.376 e. The van der Waals surface area contributed by atoms with E-state index < -0.39 is 5.91 Å². The topological polar surface area (TPSA) is 72.9 Å². The van der Waals surface area contributed by atoms with E-state index in [1.807, 2.05) is 20.0 Å². The predicted octanol–water partition coefficient (Wildman–Crippen LogP) is 2.35. The Labute approximate surface area is 116 Å². The van der Waals surface area contributed by atoms with Crippen molar-refractivity contribution in [3.8, 4) is 0 Å². The number of carbonyl (C=O) groups excluding carboxylic acids is 1. The molecule has 3 N–H and O–H groups in total. The van der Waals surface area contributed by atoms with Crippen molar-refractivity contribution in [3.63, 3.8) is 0 Å². The molecule has 0 aliphatic heterocycles. The molecule has 0 radical (unpaired) electrons. The van der Waals surface area contributed by atoms with Crippen LogP contribution in [-0.4, -0.2) is 15.7 Å². The van der Waals surface area contributed by atoms with Crippen molar-refractivity contribution in [2.24, 2.45) is 12.8 Å². The zero-order chi connectivity index (χ0) is 14.0. The Kier molecular flexibility index (Phi) is 3.76. The maximum Gasteiger partial charge on any atom is 0.248 e. The highest BCUT2D eigenvalue weighted by Gasteiger charge is 2.12. The maximum atomic E-state index is 11.2. The van der Waals surface area contributed by atoms with Crippen LogP contribution in [0.25, 0.3) is 0 Å². The number of anilines is 1. The lowest BCUT2D eigenvalue weighted by Crippen LogP contribution is -2.14. The second-order valence-electron chi connectivity index (χ2n) is 4.30. The van der Waals surface area contributed by atoms with Gasteiger partial charge in [-0.2, -0.15) is 5.10 Å². The first-order chi connectivity index (χ1) is 8.99. The zero-order valence-corrected chi connectivity index (χ0v) is 11.5. The first kappa shape index (κ1) is 13.4. The lowest BCUT2D eigenvalue weighted by molar-refractivity contribution is 0.100. The molecule has 1 atom stereocenters. The summed E-state index contributed by atoms with van der Waals surface area (Å²) in [5, 5.41) is 7.91. The van der Waals surface area contributed by atoms with Crippen molar-refractivity contribution in [3.05, 3.63) is 46.7 Å². The molecule has 0 spiro atoms. The minimum atomic E-state index is -0.479. The van der Waals surface area contributed by atoms with E-state index in [1.165, 1.54) is 0 Å². The number of hydrogen-bond acceptors (Lipinski definition) is 3. The fraction of sp³-hybridized carbons (Fsp3) is 0.231. The standard InChI is InChI=1S/C13H15ClN4O/c1-8(12-5-6-16-18(12)2)17-11-7-9(13(15)19)3-4-10(11)14/h3-8,17H,1-2H3,(H2,15,19). The molecule has 5 nitrogen and oxygen atoms in total. The van der Waals surface area contributed by atoms with Crippen LogP contribution in [0.1, 0.15) is 29.0 Å². The Morgan fingerprint density at radius 2 is 2.21 bits per heavy atom. The van der Waals surface area contributed by atoms with Gasteiger partial charge in [0, 0.05) is 18.8 Å². The van der Waals surface area contributed by atoms with Crippen LogP contribution in [0.15, 0.2) is 30.5 Å². The lowest BCUT2D eigenvalue weighted by Gasteiger charge is -2.17. The van der Waals surface area contributed by atoms with Gasteiger partial charge in [-0.05, 0) is 31.2 Å². The molecule has 0 aliphatic rings. The van der Waals surface area contributed by atoms with Gasteiger partial charge in [-0.15, -0.1) is 0 Å². The van der Waals surface area contributed by atoms with Crippen LogP contribution in [0.4, 0.5) is 5.69 Å². The molecule has 1 amide bonds. The van der Waals surface area contributed by atoms with Crippen molar-refractivity contribution in [2.75, 3.05) is 5.32 Å². The summed E-state index contributed by atoms with van der Waals surface area (Å²) in [4.78, 5) is 11.2. The minimum absolute atomic E-state index is 0.00752. The van der Waals surface area contributed by atoms with Crippen molar-refractivity contribution >= 4 is 23.2 Å². The number of benzene rings is 1. The van der Waals surface area contributed by atoms with E-state index in [9.17, 15) is 4.79 Å². The normalized spacial score (nSPS) is 12.2. The van der Waals surface area contributed by atoms with E-state index in [0.717, 1.165) is 5.69 Å². The molecule has 1 aromatic heterocycles. The van der Waals surface area contributed by atoms with Crippen LogP contribution < -0.4 is 11.1 Å². The molecule has 1 unspecified atom stereocenters. The summed E-state index contributed by atoms with van der Waals surface area (Å²) in [7, 11) is 1.87. The molecule has 0 saturated carbocycles. The molecule has 2 aromatic rings. The number of nitrogens with two attached hydrogens (primary N) is 1. The Balaban J connectivity index is 2.26. The first-order valence-corrected chi connectivity index (χ1v) is 6.20. The number of hydrogen-bond donors (Lipinski definition) is 2. The molecule has 0 bridgehead atoms. The van der Waals surface area contributed by atoms with Crippen LogP contribution in [0, 0.1) is 0 Å². The quantitative estimate of drug-likeness (QED) is 0.902. The Bertz CT molecular complexity index is 608. The van der Waals surface area contributed by atoms with Gasteiger partial charge in [-0.25, -0.2) is 0 Å². The molecule has 100 valence electrons. The van der Waals surface area contributed by atoms with E-state index in [4.69, 9.17) is 17.3 Å². The van der Waals surface area contributed by atoms with E-state index in [-0.39, 0.29) is 6.04 Å². The molecule has 6 heteroatoms. The number of nitrogens with zero attached hydrogens (tertiary/aromatic N) is 2. The summed E-state index contributed by atoms with van der Waals surface area (Å²) in [5.41, 5.74) is 7.37. The maximum absolute atomic E-state index is 11.2. The molecule has 0 fully saturated rings. The van der Waals surface area contributed by atoms with Gasteiger partial charge in [-0.3, -0.25) is 9.48 Å². The van der Waals surface area contributed by atoms with Crippen molar-refractivity contribution in [1.82, 2.24) is 9.78 Å². The summed E-state index contributed by atoms with van der Waals surface area (Å²) < 4.78 is 1.78. The number of carbonyl (C=O) groups is 1. The molecular formula is C13H15ClN4O. The van der Waals surface area contributed by atoms with Gasteiger partial charge < -0.3 is 11.1 Å². The SMILES string of the molecule is CC(Nc1cc(C(N)=O)ccc1Cl)c1ccnn1C. The summed E-state index contributed by atoms with van der Waals surface area (Å²) in [6, 6.07) is 6.83. The smallest absolute Gasteiger partial charge is 0.248 e. The lowest BCUT2D eigenvalue weighted by atomic mass is 10.1. The third kappa shape index (κ3) is 2.88. The number of amides is 1. The van der Waals surface area contributed by atoms with Gasteiger partial charge in [0.05, 0.1) is 22.4 Å². The van der Waals surface area contributed by atoms with Gasteiger partial charge in [0.15, 0.2) is 0 Å². The van der Waals surface area contributed by atoms with Crippen molar-refractivity contribution in [1.29, 1.82) is 0 Å². The third-order valence-electron chi connectivity index (χ3n) is 2.93. The Hall–Kier alpha value is -2.01. The summed E-state index contributed by atoms with van der Waals surface area (Å²) in [6.07, 6.45) is 1.73. The van der Waals surface area contributed by atoms with Gasteiger partial charge >= 0.3 is 0 Å². The number of nitrogens with one attached hydrogen (secondary N) is 1. The molecule has 1 heterocycles. The van der Waals surface area contributed by atoms with Crippen LogP contribution in [0.2, 0.25) is 5.02 Å². The Morgan fingerprint density at radius 3 is 2.79 bits per heavy atom. The summed E-state index contributed by atoms with van der Waals surface area (Å²) >= 11 is 6.11. The second-order valence-corrected chi connectivity index (χ2v) is 4.71. The van der Waals surface area contributed by atoms with E-state index in [1.54, 1.807) is 29.1 Å². The third-order valence-corrected chi connectivity index (χ3v) is 3.25. The molecule has 2 rings (SSSR count). The number of aryl methyl sites for hydroxylation is 1. The van der Waals surface area contributed by atoms with E-state index >= 15 is 0 Å². The summed E-state index contributed by atoms with van der Waals surface area (Å²) in [6.45, 7) is 1.99. The molecule has 1 aromatic carbocycles. The van der Waals surface area contributed by atoms with Crippen LogP contribution in [-0.2, 0) is 7.05 Å². The number of primary amides is 1. The minimum Gasteiger partial charge on any atom is -0.376 e. The molecule has 19 heavy (non-hydrogen) atoms. The zero-order valence-electron chi connectivity index (χ0n) is 10.7. The molecule has 0 aliphatic carbocycles.